The number of benzene rings is 2. The van der Waals surface area contributed by atoms with Crippen molar-refractivity contribution in [2.45, 2.75) is 32.9 Å². The zero-order valence-electron chi connectivity index (χ0n) is 21.6. The number of nitrogens with zero attached hydrogens (tertiary/aromatic N) is 3. The molecule has 1 heterocycles. The Kier molecular flexibility index (Phi) is 10.2. The standard InChI is InChI=1S/C28H30BrN5O4/c1-5-9-26(34(4)17-27(36)37-7-3)38-24-14-22-21(13-23(24)33-25(35)6-2)28(18(15-30)16-31-22)32-20-11-8-10-19(29)12-20/h6,8,10-14,16,26H,2,5,7,9,17H2,1,3-4H3,(H,31,32)(H,33,35). The van der Waals surface area contributed by atoms with Crippen LogP contribution < -0.4 is 15.4 Å². The van der Waals surface area contributed by atoms with Crippen molar-refractivity contribution in [3.63, 3.8) is 0 Å². The Balaban J connectivity index is 2.09. The molecule has 0 fully saturated rings. The summed E-state index contributed by atoms with van der Waals surface area (Å²) in [6, 6.07) is 13.2. The molecule has 1 amide bonds. The second kappa shape index (κ2) is 13.6. The lowest BCUT2D eigenvalue weighted by molar-refractivity contribution is -0.146. The van der Waals surface area contributed by atoms with E-state index in [1.54, 1.807) is 31.0 Å². The van der Waals surface area contributed by atoms with Crippen molar-refractivity contribution in [1.29, 1.82) is 5.26 Å². The van der Waals surface area contributed by atoms with Crippen LogP contribution in [0.5, 0.6) is 5.75 Å². The van der Waals surface area contributed by atoms with Crippen LogP contribution in [0, 0.1) is 11.3 Å². The van der Waals surface area contributed by atoms with Gasteiger partial charge in [0.05, 0.1) is 35.6 Å². The van der Waals surface area contributed by atoms with Gasteiger partial charge in [-0.2, -0.15) is 5.26 Å². The summed E-state index contributed by atoms with van der Waals surface area (Å²) in [5, 5.41) is 16.5. The lowest BCUT2D eigenvalue weighted by atomic mass is 10.1. The molecule has 0 aliphatic carbocycles. The second-order valence-corrected chi connectivity index (χ2v) is 9.35. The Morgan fingerprint density at radius 2 is 2.08 bits per heavy atom. The second-order valence-electron chi connectivity index (χ2n) is 8.43. The number of fused-ring (bicyclic) bond motifs is 1. The number of anilines is 3. The van der Waals surface area contributed by atoms with E-state index < -0.39 is 12.1 Å². The Hall–Kier alpha value is -3.94. The van der Waals surface area contributed by atoms with Gasteiger partial charge in [-0.3, -0.25) is 19.5 Å². The predicted molar refractivity (Wildman–Crippen MR) is 151 cm³/mol. The highest BCUT2D eigenvalue weighted by Gasteiger charge is 2.22. The summed E-state index contributed by atoms with van der Waals surface area (Å²) >= 11 is 3.46. The Morgan fingerprint density at radius 1 is 1.29 bits per heavy atom. The van der Waals surface area contributed by atoms with Crippen LogP contribution in [0.4, 0.5) is 17.1 Å². The number of halogens is 1. The molecule has 10 heteroatoms. The van der Waals surface area contributed by atoms with Gasteiger partial charge in [0.2, 0.25) is 5.91 Å². The number of hydrogen-bond donors (Lipinski definition) is 2. The average Bonchev–Trinajstić information content (AvgIpc) is 2.89. The average molecular weight is 580 g/mol. The van der Waals surface area contributed by atoms with Crippen LogP contribution in [0.2, 0.25) is 0 Å². The van der Waals surface area contributed by atoms with Crippen LogP contribution in [0.3, 0.4) is 0 Å². The van der Waals surface area contributed by atoms with Gasteiger partial charge in [0.15, 0.2) is 6.23 Å². The van der Waals surface area contributed by atoms with Crippen molar-refractivity contribution in [2.24, 2.45) is 0 Å². The molecule has 2 N–H and O–H groups in total. The fourth-order valence-corrected chi connectivity index (χ4v) is 4.20. The number of aromatic nitrogens is 1. The van der Waals surface area contributed by atoms with Gasteiger partial charge in [-0.05, 0) is 50.7 Å². The van der Waals surface area contributed by atoms with E-state index in [4.69, 9.17) is 9.47 Å². The summed E-state index contributed by atoms with van der Waals surface area (Å²) in [7, 11) is 1.78. The molecule has 198 valence electrons. The number of hydrogen-bond acceptors (Lipinski definition) is 8. The fraction of sp³-hybridized carbons (Fsp3) is 0.286. The molecule has 0 saturated carbocycles. The van der Waals surface area contributed by atoms with Gasteiger partial charge in [-0.1, -0.05) is 41.9 Å². The van der Waals surface area contributed by atoms with Gasteiger partial charge in [-0.15, -0.1) is 0 Å². The van der Waals surface area contributed by atoms with Crippen LogP contribution in [0.25, 0.3) is 10.9 Å². The minimum Gasteiger partial charge on any atom is -0.473 e. The van der Waals surface area contributed by atoms with E-state index >= 15 is 0 Å². The largest absolute Gasteiger partial charge is 0.473 e. The smallest absolute Gasteiger partial charge is 0.320 e. The minimum atomic E-state index is -0.473. The van der Waals surface area contributed by atoms with Crippen molar-refractivity contribution >= 4 is 55.8 Å². The number of carbonyl (C=O) groups excluding carboxylic acids is 2. The maximum Gasteiger partial charge on any atom is 0.320 e. The Bertz CT molecular complexity index is 1370. The lowest BCUT2D eigenvalue weighted by Crippen LogP contribution is -2.40. The van der Waals surface area contributed by atoms with Crippen molar-refractivity contribution in [3.05, 3.63) is 65.3 Å². The maximum absolute atomic E-state index is 12.3. The van der Waals surface area contributed by atoms with Crippen LogP contribution in [0.1, 0.15) is 32.3 Å². The quantitative estimate of drug-likeness (QED) is 0.158. The molecule has 0 aliphatic heterocycles. The van der Waals surface area contributed by atoms with Gasteiger partial charge in [0.25, 0.3) is 0 Å². The Morgan fingerprint density at radius 3 is 2.74 bits per heavy atom. The Labute approximate surface area is 230 Å². The lowest BCUT2D eigenvalue weighted by Gasteiger charge is -2.28. The predicted octanol–water partition coefficient (Wildman–Crippen LogP) is 5.74. The number of likely N-dealkylation sites (N-methyl/N-ethyl adjacent to an activating group) is 1. The third-order valence-corrected chi connectivity index (χ3v) is 6.09. The molecule has 0 spiro atoms. The highest BCUT2D eigenvalue weighted by molar-refractivity contribution is 9.10. The van der Waals surface area contributed by atoms with E-state index in [0.717, 1.165) is 22.7 Å². The van der Waals surface area contributed by atoms with Crippen LogP contribution in [-0.2, 0) is 14.3 Å². The number of amides is 1. The van der Waals surface area contributed by atoms with E-state index in [0.29, 0.717) is 46.6 Å². The summed E-state index contributed by atoms with van der Waals surface area (Å²) in [5.74, 6) is -0.410. The topological polar surface area (TPSA) is 117 Å². The summed E-state index contributed by atoms with van der Waals surface area (Å²) in [6.07, 6.45) is 3.60. The molecule has 0 radical (unpaired) electrons. The number of esters is 1. The number of carbonyl (C=O) groups is 2. The summed E-state index contributed by atoms with van der Waals surface area (Å²) < 4.78 is 12.3. The maximum atomic E-state index is 12.3. The molecule has 0 bridgehead atoms. The van der Waals surface area contributed by atoms with Gasteiger partial charge >= 0.3 is 5.97 Å². The monoisotopic (exact) mass is 579 g/mol. The number of pyridine rings is 1. The number of rotatable bonds is 12. The summed E-state index contributed by atoms with van der Waals surface area (Å²) in [4.78, 5) is 30.6. The minimum absolute atomic E-state index is 0.0465. The van der Waals surface area contributed by atoms with E-state index in [2.05, 4.69) is 44.2 Å². The first kappa shape index (κ1) is 28.6. The molecule has 3 aromatic rings. The van der Waals surface area contributed by atoms with Crippen molar-refractivity contribution < 1.29 is 19.1 Å². The normalized spacial score (nSPS) is 11.5. The van der Waals surface area contributed by atoms with Gasteiger partial charge < -0.3 is 20.1 Å². The van der Waals surface area contributed by atoms with Gasteiger partial charge in [0.1, 0.15) is 11.8 Å². The number of nitrogens with one attached hydrogen (secondary N) is 2. The molecule has 0 aliphatic rings. The van der Waals surface area contributed by atoms with Gasteiger partial charge in [0, 0.05) is 27.8 Å². The first-order chi connectivity index (χ1) is 18.3. The number of nitriles is 1. The molecule has 9 nitrogen and oxygen atoms in total. The number of ether oxygens (including phenoxy) is 2. The van der Waals surface area contributed by atoms with Crippen molar-refractivity contribution in [1.82, 2.24) is 9.88 Å². The first-order valence-corrected chi connectivity index (χ1v) is 12.9. The molecule has 0 saturated heterocycles. The van der Waals surface area contributed by atoms with E-state index in [9.17, 15) is 14.9 Å². The zero-order valence-corrected chi connectivity index (χ0v) is 23.2. The van der Waals surface area contributed by atoms with E-state index in [-0.39, 0.29) is 12.5 Å². The highest BCUT2D eigenvalue weighted by atomic mass is 79.9. The third-order valence-electron chi connectivity index (χ3n) is 5.60. The van der Waals surface area contributed by atoms with Crippen LogP contribution in [0.15, 0.2) is 59.7 Å². The highest BCUT2D eigenvalue weighted by Crippen LogP contribution is 2.37. The molecule has 1 atom stereocenters. The first-order valence-electron chi connectivity index (χ1n) is 12.1. The van der Waals surface area contributed by atoms with Crippen molar-refractivity contribution in [2.75, 3.05) is 30.8 Å². The van der Waals surface area contributed by atoms with Crippen molar-refractivity contribution in [3.8, 4) is 11.8 Å². The molecular weight excluding hydrogens is 550 g/mol. The summed E-state index contributed by atoms with van der Waals surface area (Å²) in [6.45, 7) is 7.65. The summed E-state index contributed by atoms with van der Waals surface area (Å²) in [5.41, 5.74) is 2.58. The molecule has 38 heavy (non-hydrogen) atoms. The van der Waals surface area contributed by atoms with Crippen LogP contribution >= 0.6 is 15.9 Å². The molecule has 3 rings (SSSR count). The van der Waals surface area contributed by atoms with Gasteiger partial charge in [-0.25, -0.2) is 0 Å². The third kappa shape index (κ3) is 7.31. The zero-order chi connectivity index (χ0) is 27.7. The molecule has 1 aromatic heterocycles. The molecule has 1 unspecified atom stereocenters. The molecule has 2 aromatic carbocycles. The van der Waals surface area contributed by atoms with E-state index in [1.807, 2.05) is 31.2 Å². The van der Waals surface area contributed by atoms with Crippen LogP contribution in [-0.4, -0.2) is 48.2 Å². The molecular formula is C28H30BrN5O4. The fourth-order valence-electron chi connectivity index (χ4n) is 3.80. The SMILES string of the molecule is C=CC(=O)Nc1cc2c(Nc3cccc(Br)c3)c(C#N)cnc2cc1OC(CCC)N(C)CC(=O)OCC. The van der Waals surface area contributed by atoms with E-state index in [1.165, 1.54) is 6.20 Å².